The number of hydrogen-bond donors (Lipinski definition) is 0. The summed E-state index contributed by atoms with van der Waals surface area (Å²) >= 11 is 1.20. The molecule has 0 bridgehead atoms. The van der Waals surface area contributed by atoms with Crippen LogP contribution in [0, 0.1) is 0 Å². The molecule has 3 nitrogen and oxygen atoms in total. The van der Waals surface area contributed by atoms with E-state index in [-0.39, 0.29) is 6.09 Å². The van der Waals surface area contributed by atoms with Crippen LogP contribution in [0.3, 0.4) is 0 Å². The molecule has 0 atom stereocenters. The van der Waals surface area contributed by atoms with Crippen LogP contribution in [0.2, 0.25) is 0 Å². The summed E-state index contributed by atoms with van der Waals surface area (Å²) in [6.07, 6.45) is -0.354. The maximum absolute atomic E-state index is 12.7. The first kappa shape index (κ1) is 16.6. The molecule has 0 aromatic heterocycles. The Kier molecular flexibility index (Phi) is 5.31. The molecular formula is C18H19NO2W. The van der Waals surface area contributed by atoms with E-state index in [0.717, 1.165) is 15.3 Å². The Balaban J connectivity index is 2.38. The number of amides is 1. The first-order valence-electron chi connectivity index (χ1n) is 7.06. The van der Waals surface area contributed by atoms with Gasteiger partial charge < -0.3 is 0 Å². The summed E-state index contributed by atoms with van der Waals surface area (Å²) in [7, 11) is 0. The number of rotatable bonds is 3. The molecule has 0 N–H and O–H groups in total. The summed E-state index contributed by atoms with van der Waals surface area (Å²) in [4.78, 5) is 14.3. The Morgan fingerprint density at radius 1 is 0.955 bits per heavy atom. The van der Waals surface area contributed by atoms with E-state index in [4.69, 9.17) is 4.74 Å². The van der Waals surface area contributed by atoms with E-state index in [1.54, 1.807) is 4.90 Å². The molecule has 4 heteroatoms. The molecule has 0 aliphatic heterocycles. The first-order valence-corrected chi connectivity index (χ1v) is 8.53. The molecule has 114 valence electrons. The number of nitrogens with zero attached hydrogens (tertiary/aromatic N) is 1. The van der Waals surface area contributed by atoms with Crippen molar-refractivity contribution in [2.45, 2.75) is 26.4 Å². The normalized spacial score (nSPS) is 10.9. The number of hydrogen-bond acceptors (Lipinski definition) is 2. The van der Waals surface area contributed by atoms with Gasteiger partial charge in [0.15, 0.2) is 0 Å². The van der Waals surface area contributed by atoms with Gasteiger partial charge in [0.1, 0.15) is 0 Å². The Labute approximate surface area is 142 Å². The monoisotopic (exact) mass is 465 g/mol. The minimum absolute atomic E-state index is 0.354. The SMILES string of the molecule is CC(C)(C)OC(=O)N([C](=[W])c1ccccc1)c1ccccc1. The van der Waals surface area contributed by atoms with Crippen LogP contribution < -0.4 is 4.90 Å². The molecule has 0 fully saturated rings. The average Bonchev–Trinajstić information content (AvgIpc) is 2.47. The molecular weight excluding hydrogens is 446 g/mol. The summed E-state index contributed by atoms with van der Waals surface area (Å²) in [6, 6.07) is 19.5. The number of para-hydroxylation sites is 1. The van der Waals surface area contributed by atoms with Gasteiger partial charge in [0.05, 0.1) is 0 Å². The van der Waals surface area contributed by atoms with Gasteiger partial charge in [0.2, 0.25) is 0 Å². The third-order valence-corrected chi connectivity index (χ3v) is 4.32. The van der Waals surface area contributed by atoms with Gasteiger partial charge in [0.25, 0.3) is 0 Å². The number of ether oxygens (including phenoxy) is 1. The van der Waals surface area contributed by atoms with Crippen LogP contribution in [0.4, 0.5) is 10.5 Å². The molecule has 0 aliphatic carbocycles. The maximum atomic E-state index is 12.7. The fourth-order valence-corrected chi connectivity index (χ4v) is 3.04. The Morgan fingerprint density at radius 2 is 1.45 bits per heavy atom. The van der Waals surface area contributed by atoms with Gasteiger partial charge in [-0.05, 0) is 0 Å². The van der Waals surface area contributed by atoms with Crippen molar-refractivity contribution in [1.29, 1.82) is 0 Å². The van der Waals surface area contributed by atoms with Gasteiger partial charge in [-0.25, -0.2) is 0 Å². The summed E-state index contributed by atoms with van der Waals surface area (Å²) in [5, 5.41) is 0. The van der Waals surface area contributed by atoms with Crippen LogP contribution in [0.5, 0.6) is 0 Å². The number of benzene rings is 2. The molecule has 0 radical (unpaired) electrons. The number of carbonyl (C=O) groups is 1. The quantitative estimate of drug-likeness (QED) is 0.682. The second-order valence-corrected chi connectivity index (χ2v) is 7.21. The van der Waals surface area contributed by atoms with Gasteiger partial charge in [-0.15, -0.1) is 0 Å². The van der Waals surface area contributed by atoms with Gasteiger partial charge in [-0.2, -0.15) is 0 Å². The zero-order valence-electron chi connectivity index (χ0n) is 12.9. The fourth-order valence-electron chi connectivity index (χ4n) is 1.90. The third kappa shape index (κ3) is 4.38. The summed E-state index contributed by atoms with van der Waals surface area (Å²) in [5.74, 6) is 0. The predicted octanol–water partition coefficient (Wildman–Crippen LogP) is 4.15. The van der Waals surface area contributed by atoms with Crippen molar-refractivity contribution < 1.29 is 28.9 Å². The molecule has 2 rings (SSSR count). The molecule has 0 spiro atoms. The van der Waals surface area contributed by atoms with Crippen molar-refractivity contribution in [1.82, 2.24) is 0 Å². The summed E-state index contributed by atoms with van der Waals surface area (Å²) in [5.41, 5.74) is 1.30. The van der Waals surface area contributed by atoms with Gasteiger partial charge >= 0.3 is 142 Å². The van der Waals surface area contributed by atoms with Crippen molar-refractivity contribution in [3.8, 4) is 0 Å². The van der Waals surface area contributed by atoms with Crippen LogP contribution in [0.15, 0.2) is 60.7 Å². The molecule has 0 heterocycles. The van der Waals surface area contributed by atoms with Crippen LogP contribution in [-0.4, -0.2) is 15.7 Å². The van der Waals surface area contributed by atoms with E-state index in [2.05, 4.69) is 0 Å². The van der Waals surface area contributed by atoms with E-state index in [1.807, 2.05) is 81.4 Å². The minimum atomic E-state index is -0.531. The van der Waals surface area contributed by atoms with E-state index in [0.29, 0.717) is 0 Å². The van der Waals surface area contributed by atoms with Crippen molar-refractivity contribution in [3.05, 3.63) is 66.2 Å². The molecule has 2 aromatic carbocycles. The molecule has 0 saturated heterocycles. The van der Waals surface area contributed by atoms with E-state index >= 15 is 0 Å². The van der Waals surface area contributed by atoms with Crippen LogP contribution in [0.1, 0.15) is 26.3 Å². The molecule has 0 saturated carbocycles. The molecule has 2 aromatic rings. The number of anilines is 1. The van der Waals surface area contributed by atoms with E-state index < -0.39 is 5.60 Å². The fraction of sp³-hybridized carbons (Fsp3) is 0.222. The molecule has 0 unspecified atom stereocenters. The second-order valence-electron chi connectivity index (χ2n) is 5.82. The second kappa shape index (κ2) is 7.02. The van der Waals surface area contributed by atoms with E-state index in [1.165, 1.54) is 19.4 Å². The zero-order valence-corrected chi connectivity index (χ0v) is 15.9. The molecule has 22 heavy (non-hydrogen) atoms. The zero-order chi connectivity index (χ0) is 16.2. The number of carbonyl (C=O) groups excluding carboxylic acids is 1. The van der Waals surface area contributed by atoms with Gasteiger partial charge in [0, 0.05) is 0 Å². The van der Waals surface area contributed by atoms with Crippen LogP contribution in [0.25, 0.3) is 0 Å². The Morgan fingerprint density at radius 3 is 1.95 bits per heavy atom. The van der Waals surface area contributed by atoms with Crippen molar-refractivity contribution >= 4 is 15.8 Å². The summed E-state index contributed by atoms with van der Waals surface area (Å²) < 4.78 is 6.49. The van der Waals surface area contributed by atoms with Gasteiger partial charge in [-0.3, -0.25) is 0 Å². The predicted molar refractivity (Wildman–Crippen MR) is 85.7 cm³/mol. The Bertz CT molecular complexity index is 648. The Hall–Kier alpha value is -1.73. The first-order chi connectivity index (χ1) is 10.4. The third-order valence-electron chi connectivity index (χ3n) is 2.81. The van der Waals surface area contributed by atoms with Crippen LogP contribution in [-0.2, 0) is 24.1 Å². The van der Waals surface area contributed by atoms with Crippen molar-refractivity contribution in [2.75, 3.05) is 4.90 Å². The van der Waals surface area contributed by atoms with Crippen molar-refractivity contribution in [2.24, 2.45) is 0 Å². The topological polar surface area (TPSA) is 29.5 Å². The van der Waals surface area contributed by atoms with Crippen molar-refractivity contribution in [3.63, 3.8) is 0 Å². The standard InChI is InChI=1S/C18H19NO2.W/c1-18(2,3)21-17(20)19(16-12-8-5-9-13-16)14-15-10-6-4-7-11-15;/h4-13H,1-3H3;. The van der Waals surface area contributed by atoms with Crippen LogP contribution >= 0.6 is 0 Å². The molecule has 0 aliphatic rings. The average molecular weight is 465 g/mol. The molecule has 1 amide bonds. The summed E-state index contributed by atoms with van der Waals surface area (Å²) in [6.45, 7) is 5.62. The van der Waals surface area contributed by atoms with E-state index in [9.17, 15) is 4.79 Å². The van der Waals surface area contributed by atoms with Gasteiger partial charge in [-0.1, -0.05) is 0 Å².